The molecular formula is C105H136N16O29. The average Bonchev–Trinajstić information content (AvgIpc) is 1.56. The Kier molecular flexibility index (Phi) is 40.1. The summed E-state index contributed by atoms with van der Waals surface area (Å²) in [6.45, 7) is 27.0. The second-order valence-corrected chi connectivity index (χ2v) is 40.3. The molecule has 810 valence electrons. The van der Waals surface area contributed by atoms with Gasteiger partial charge in [-0.3, -0.25) is 62.6 Å². The molecule has 14 rings (SSSR count). The third-order valence-corrected chi connectivity index (χ3v) is 24.7. The maximum Gasteiger partial charge on any atom is 0.410 e. The van der Waals surface area contributed by atoms with Gasteiger partial charge in [-0.1, -0.05) is 124 Å². The van der Waals surface area contributed by atoms with Gasteiger partial charge in [0, 0.05) is 67.0 Å². The molecule has 14 amide bonds. The van der Waals surface area contributed by atoms with Crippen LogP contribution in [-0.4, -0.2) is 329 Å². The largest absolute Gasteiger partial charge is 0.497 e. The number of aliphatic hydroxyl groups is 1. The van der Waals surface area contributed by atoms with E-state index in [2.05, 4.69) is 58.2 Å². The molecule has 12 N–H and O–H groups in total. The molecule has 45 nitrogen and oxygen atoms in total. The number of aliphatic carboxylic acids is 1. The minimum absolute atomic E-state index is 0.0436. The van der Waals surface area contributed by atoms with Crippen molar-refractivity contribution in [2.24, 2.45) is 10.9 Å². The van der Waals surface area contributed by atoms with Crippen molar-refractivity contribution in [1.29, 1.82) is 0 Å². The summed E-state index contributed by atoms with van der Waals surface area (Å²) in [6.07, 6.45) is -2.56. The van der Waals surface area contributed by atoms with Gasteiger partial charge in [0.25, 0.3) is 17.7 Å². The van der Waals surface area contributed by atoms with E-state index in [0.29, 0.717) is 53.3 Å². The molecule has 0 spiro atoms. The molecule has 0 unspecified atom stereocenters. The number of alkyl carbamates (subject to hydrolysis) is 4. The van der Waals surface area contributed by atoms with Crippen molar-refractivity contribution in [1.82, 2.24) is 77.7 Å². The number of aliphatic hydroxyl groups excluding tert-OH is 1. The smallest absolute Gasteiger partial charge is 0.410 e. The van der Waals surface area contributed by atoms with E-state index in [-0.39, 0.29) is 80.7 Å². The Labute approximate surface area is 869 Å². The molecule has 150 heavy (non-hydrogen) atoms. The Morgan fingerprint density at radius 2 is 0.907 bits per heavy atom. The highest BCUT2D eigenvalue weighted by Crippen LogP contribution is 2.39. The van der Waals surface area contributed by atoms with E-state index in [4.69, 9.17) is 52.5 Å². The number of rotatable bonds is 26. The topological polar surface area (TPSA) is 572 Å². The molecule has 0 aromatic heterocycles. The van der Waals surface area contributed by atoms with Crippen LogP contribution in [0, 0.1) is 5.92 Å². The van der Waals surface area contributed by atoms with E-state index in [9.17, 15) is 86.6 Å². The van der Waals surface area contributed by atoms with Gasteiger partial charge in [-0.2, -0.15) is 0 Å². The summed E-state index contributed by atoms with van der Waals surface area (Å²) < 4.78 is 52.3. The highest BCUT2D eigenvalue weighted by atomic mass is 16.6. The molecule has 8 heterocycles. The number of aliphatic imine (C=N–C) groups is 1. The number of carbonyl (C=O) groups is 17. The van der Waals surface area contributed by atoms with Crippen LogP contribution in [-0.2, 0) is 89.5 Å². The summed E-state index contributed by atoms with van der Waals surface area (Å²) in [6, 6.07) is 36.6. The second kappa shape index (κ2) is 51.8. The van der Waals surface area contributed by atoms with Crippen molar-refractivity contribution in [3.63, 3.8) is 0 Å². The van der Waals surface area contributed by atoms with Gasteiger partial charge in [0.1, 0.15) is 82.5 Å². The lowest BCUT2D eigenvalue weighted by Crippen LogP contribution is -2.68. The maximum absolute atomic E-state index is 13.0. The van der Waals surface area contributed by atoms with Crippen molar-refractivity contribution in [2.45, 2.75) is 261 Å². The number of amides is 14. The third kappa shape index (κ3) is 31.4. The number of para-hydroxylation sites is 1. The summed E-state index contributed by atoms with van der Waals surface area (Å²) in [5.41, 5.74) is -0.0631. The van der Waals surface area contributed by atoms with Crippen molar-refractivity contribution in [3.05, 3.63) is 198 Å². The van der Waals surface area contributed by atoms with Gasteiger partial charge in [-0.25, -0.2) is 28.8 Å². The van der Waals surface area contributed by atoms with Crippen LogP contribution in [0.25, 0.3) is 0 Å². The van der Waals surface area contributed by atoms with Gasteiger partial charge in [0.15, 0.2) is 12.4 Å². The molecule has 8 aliphatic heterocycles. The summed E-state index contributed by atoms with van der Waals surface area (Å²) in [4.78, 5) is 224. The Morgan fingerprint density at radius 1 is 0.480 bits per heavy atom. The highest BCUT2D eigenvalue weighted by Gasteiger charge is 2.62. The van der Waals surface area contributed by atoms with E-state index in [1.807, 2.05) is 68.4 Å². The molecular weight excluding hydrogens is 1950 g/mol. The highest BCUT2D eigenvalue weighted by molar-refractivity contribution is 6.02. The maximum atomic E-state index is 13.0. The molecule has 0 aliphatic carbocycles. The number of likely N-dealkylation sites (tertiary alicyclic amines) is 3. The summed E-state index contributed by atoms with van der Waals surface area (Å²) in [5.74, 6) is -4.30. The first-order valence-corrected chi connectivity index (χ1v) is 49.0. The number of carboxylic acids is 1. The van der Waals surface area contributed by atoms with Crippen LogP contribution < -0.4 is 67.4 Å². The molecule has 18 atom stereocenters. The van der Waals surface area contributed by atoms with Gasteiger partial charge < -0.3 is 130 Å². The Balaban J connectivity index is 0.000000192. The molecule has 45 heteroatoms. The first kappa shape index (κ1) is 116. The number of methoxy groups -OCH3 is 4. The standard InChI is InChI=1S/C23H33N3O6.C22H24N2O6.C21H26N4O7.C21H28N4O5.C18H25N3O5/c1-7-14(2)20(28)26-13-16(24-19(27)15-11-9-8-10-12-15)17(18(26)21(29)31-6)25-22(30)32-23(3,4)5;1-28-16-9-8-15(18(10-16)29-2)11-23-19-17(25)12-24(20(19)21(23)26)22(27)30-13-14-6-4-3-5-7-14;1-21(2,3)32-20(31)24-15-13(23-17(28)11-7-5-4-6-8-11)10-25-16(15)18(29)22-12(19(25)30)9-14(26)27;1-5-13-19(28)25-11-14(23-17(26)12-9-7-6-8-10-12)15(16(25)18(27)22-13)24-20(29)30-21(2,3)4;1-18(2,3)26-17(23)21-14-13(10-19-15(14)16(22)24-4)20-11-25-12-8-6-5-7-9-12/h8-12,14,16-18H,7,13H2,1-6H3,(H,24,27)(H,25,30);3-10,17,19-20,25H,11-13H2,1-2H3;4-8,12-13,15-16H,9-10H2,1-3H3,(H,22,29)(H,23,28)(H,24,31)(H,26,27);6-10,13-16H,5,11H2,1-4H3,(H,22,27)(H,23,26)(H,24,29);5-9,11,13-15,19H,10H2,1-4H3,(H,21,23)/t14-,16+,17+,18-;17-,19+,20-;12-,13+,15+,16-;13-,14+,15+,16-;13-,14-,15+/m00001/s1. The van der Waals surface area contributed by atoms with Crippen LogP contribution >= 0.6 is 0 Å². The monoisotopic (exact) mass is 2080 g/mol. The van der Waals surface area contributed by atoms with E-state index < -0.39 is 198 Å². The fraction of sp³-hybridized carbons (Fsp3) is 0.486. The van der Waals surface area contributed by atoms with E-state index in [0.717, 1.165) is 11.1 Å². The number of carbonyl (C=O) groups excluding carboxylic acids is 16. The van der Waals surface area contributed by atoms with Crippen LogP contribution in [0.15, 0.2) is 175 Å². The number of esters is 2. The summed E-state index contributed by atoms with van der Waals surface area (Å²) in [7, 11) is 5.63. The van der Waals surface area contributed by atoms with Crippen LogP contribution in [0.4, 0.5) is 24.0 Å². The zero-order valence-corrected chi connectivity index (χ0v) is 87.3. The summed E-state index contributed by atoms with van der Waals surface area (Å²) >= 11 is 0. The third-order valence-electron chi connectivity index (χ3n) is 24.7. The van der Waals surface area contributed by atoms with Gasteiger partial charge in [0.2, 0.25) is 35.4 Å². The normalized spacial score (nSPS) is 23.5. The van der Waals surface area contributed by atoms with Gasteiger partial charge >= 0.3 is 48.4 Å². The van der Waals surface area contributed by atoms with E-state index >= 15 is 0 Å². The molecule has 8 fully saturated rings. The Hall–Kier alpha value is -15.7. The van der Waals surface area contributed by atoms with E-state index in [1.54, 1.807) is 224 Å². The van der Waals surface area contributed by atoms with Crippen LogP contribution in [0.1, 0.15) is 165 Å². The Bertz CT molecular complexity index is 5790. The lowest BCUT2D eigenvalue weighted by atomic mass is 9.93. The number of nitrogens with zero attached hydrogens (tertiary/aromatic N) is 6. The number of ether oxygens (including phenoxy) is 10. The second-order valence-electron chi connectivity index (χ2n) is 40.3. The molecule has 0 saturated carbocycles. The molecule has 8 aliphatic rings. The molecule has 0 radical (unpaired) electrons. The quantitative estimate of drug-likeness (QED) is 0.00964. The van der Waals surface area contributed by atoms with Crippen molar-refractivity contribution >= 4 is 108 Å². The predicted octanol–water partition coefficient (Wildman–Crippen LogP) is 6.06. The zero-order valence-electron chi connectivity index (χ0n) is 87.3. The zero-order chi connectivity index (χ0) is 110. The number of β-amino-alcohol motifs (C(OH)–C–C–N with tert-alkyl or cyclic N) is 1. The number of carboxylic acid groups (broad SMARTS) is 1. The number of β-lactam (4-membered cyclic amide) rings is 1. The molecule has 8 saturated heterocycles. The van der Waals surface area contributed by atoms with Crippen molar-refractivity contribution in [3.8, 4) is 17.2 Å². The number of piperazine rings is 2. The van der Waals surface area contributed by atoms with Gasteiger partial charge in [-0.05, 0) is 162 Å². The first-order chi connectivity index (χ1) is 70.9. The van der Waals surface area contributed by atoms with Crippen molar-refractivity contribution < 1.29 is 139 Å². The first-order valence-electron chi connectivity index (χ1n) is 49.0. The van der Waals surface area contributed by atoms with Crippen LogP contribution in [0.2, 0.25) is 0 Å². The number of nitrogens with one attached hydrogen (secondary N) is 10. The predicted molar refractivity (Wildman–Crippen MR) is 540 cm³/mol. The van der Waals surface area contributed by atoms with Gasteiger partial charge in [0.05, 0.1) is 102 Å². The minimum Gasteiger partial charge on any atom is -0.497 e. The molecule has 6 aromatic carbocycles. The average molecular weight is 2090 g/mol. The molecule has 0 bridgehead atoms. The van der Waals surface area contributed by atoms with E-state index in [1.165, 1.54) is 40.2 Å². The number of fused-ring (bicyclic) bond motifs is 3. The number of benzene rings is 6. The number of hydrogen-bond donors (Lipinski definition) is 12. The van der Waals surface area contributed by atoms with Crippen LogP contribution in [0.3, 0.4) is 0 Å². The van der Waals surface area contributed by atoms with Crippen LogP contribution in [0.5, 0.6) is 17.2 Å². The van der Waals surface area contributed by atoms with Crippen molar-refractivity contribution in [2.75, 3.05) is 61.2 Å². The fourth-order valence-electron chi connectivity index (χ4n) is 17.7. The van der Waals surface area contributed by atoms with Gasteiger partial charge in [-0.15, -0.1) is 0 Å². The molecule has 6 aromatic rings. The lowest BCUT2D eigenvalue weighted by Gasteiger charge is -2.45. The SMILES string of the molecule is CC(C)(C)OC(=O)N[C@H]1[C@H]2C(=O)N[C@@H](CC(=O)O)C(=O)N2C[C@H]1NC(=O)c1ccccc1.CC[C@@H]1NC(=O)[C@@H]2[C@H](NC(=O)OC(C)(C)C)[C@H](NC(=O)c3ccccc3)CN2C1=O.CC[C@H](C)C(=O)N1C[C@@H](NC(=O)c2ccccc2)[C@@H](NC(=O)OC(C)(C)C)[C@H]1C(=O)OC.COC(=O)[C@H]1NC[C@@H](N=COc2ccccc2)[C@H]1NC(=O)OC(C)(C)C.COc1ccc(CN2C(=O)[C@@H]3[C@H]2[C@@H](O)CN3C(=O)OCc2ccccc2)c(OC)c1. The minimum atomic E-state index is -1.24. The Morgan fingerprint density at radius 3 is 1.33 bits per heavy atom. The summed E-state index contributed by atoms with van der Waals surface area (Å²) in [5, 5.41) is 46.8. The number of hydrogen-bond acceptors (Lipinski definition) is 30. The lowest BCUT2D eigenvalue weighted by molar-refractivity contribution is -0.157. The fourth-order valence-corrected chi connectivity index (χ4v) is 17.7.